The van der Waals surface area contributed by atoms with E-state index < -0.39 is 5.41 Å². The molecule has 2 atom stereocenters. The summed E-state index contributed by atoms with van der Waals surface area (Å²) in [6.07, 6.45) is 3.03. The van der Waals surface area contributed by atoms with Gasteiger partial charge < -0.3 is 10.2 Å². The number of piperidine rings is 1. The average molecular weight is 346 g/mol. The van der Waals surface area contributed by atoms with Crippen molar-refractivity contribution in [3.63, 3.8) is 0 Å². The van der Waals surface area contributed by atoms with Crippen molar-refractivity contribution in [3.05, 3.63) is 35.1 Å². The summed E-state index contributed by atoms with van der Waals surface area (Å²) in [6.45, 7) is 6.91. The Balaban J connectivity index is 1.65. The number of carbonyl (C=O) groups excluding carboxylic acids is 2. The summed E-state index contributed by atoms with van der Waals surface area (Å²) < 4.78 is 13.9. The van der Waals surface area contributed by atoms with Crippen molar-refractivity contribution >= 4 is 11.8 Å². The fourth-order valence-electron chi connectivity index (χ4n) is 3.90. The van der Waals surface area contributed by atoms with Crippen molar-refractivity contribution in [1.29, 1.82) is 0 Å². The third-order valence-corrected chi connectivity index (χ3v) is 5.25. The molecule has 136 valence electrons. The van der Waals surface area contributed by atoms with E-state index in [2.05, 4.69) is 5.32 Å². The first kappa shape index (κ1) is 17.9. The second kappa shape index (κ2) is 6.77. The van der Waals surface area contributed by atoms with Gasteiger partial charge in [-0.2, -0.15) is 0 Å². The second-order valence-corrected chi connectivity index (χ2v) is 8.25. The molecule has 5 heteroatoms. The van der Waals surface area contributed by atoms with Crippen molar-refractivity contribution in [2.75, 3.05) is 13.1 Å². The van der Waals surface area contributed by atoms with Crippen molar-refractivity contribution in [3.8, 4) is 0 Å². The van der Waals surface area contributed by atoms with Crippen LogP contribution in [0.2, 0.25) is 0 Å². The number of likely N-dealkylation sites (tertiary alicyclic amines) is 1. The fraction of sp³-hybridized carbons (Fsp3) is 0.600. The topological polar surface area (TPSA) is 49.4 Å². The number of carbonyl (C=O) groups is 2. The largest absolute Gasteiger partial charge is 0.349 e. The van der Waals surface area contributed by atoms with E-state index in [1.807, 2.05) is 31.7 Å². The highest BCUT2D eigenvalue weighted by Gasteiger charge is 2.35. The van der Waals surface area contributed by atoms with E-state index >= 15 is 0 Å². The zero-order valence-corrected chi connectivity index (χ0v) is 15.3. The summed E-state index contributed by atoms with van der Waals surface area (Å²) in [5, 5.41) is 3.09. The van der Waals surface area contributed by atoms with Crippen molar-refractivity contribution in [2.45, 2.75) is 52.5 Å². The van der Waals surface area contributed by atoms with Gasteiger partial charge in [-0.3, -0.25) is 9.59 Å². The van der Waals surface area contributed by atoms with Gasteiger partial charge in [-0.05, 0) is 42.9 Å². The highest BCUT2D eigenvalue weighted by Crippen LogP contribution is 2.33. The number of amides is 2. The van der Waals surface area contributed by atoms with Crippen LogP contribution in [0.3, 0.4) is 0 Å². The third kappa shape index (κ3) is 3.70. The maximum atomic E-state index is 13.9. The molecule has 0 unspecified atom stereocenters. The predicted molar refractivity (Wildman–Crippen MR) is 94.4 cm³/mol. The Morgan fingerprint density at radius 2 is 2.00 bits per heavy atom. The van der Waals surface area contributed by atoms with Crippen LogP contribution in [0.15, 0.2) is 18.2 Å². The van der Waals surface area contributed by atoms with Gasteiger partial charge in [0.25, 0.3) is 0 Å². The second-order valence-electron chi connectivity index (χ2n) is 8.25. The SMILES string of the molecule is CC(C)(C)C(=O)N1CCC[C@H](C(=O)N[C@H]2CCc3c(F)cccc32)C1. The maximum absolute atomic E-state index is 13.9. The zero-order chi connectivity index (χ0) is 18.2. The standard InChI is InChI=1S/C20H27FN2O2/c1-20(2,3)19(25)23-11-5-6-13(12-23)18(24)22-17-10-9-14-15(17)7-4-8-16(14)21/h4,7-8,13,17H,5-6,9-12H2,1-3H3,(H,22,24)/t13-,17-/m0/s1. The van der Waals surface area contributed by atoms with Crippen LogP contribution < -0.4 is 5.32 Å². The molecule has 1 heterocycles. The normalized spacial score (nSPS) is 23.3. The Morgan fingerprint density at radius 3 is 2.72 bits per heavy atom. The fourth-order valence-corrected chi connectivity index (χ4v) is 3.90. The van der Waals surface area contributed by atoms with Crippen LogP contribution in [0.25, 0.3) is 0 Å². The van der Waals surface area contributed by atoms with E-state index in [1.165, 1.54) is 6.07 Å². The quantitative estimate of drug-likeness (QED) is 0.894. The summed E-state index contributed by atoms with van der Waals surface area (Å²) in [5.41, 5.74) is 1.19. The number of nitrogens with zero attached hydrogens (tertiary/aromatic N) is 1. The van der Waals surface area contributed by atoms with Crippen molar-refractivity contribution in [2.24, 2.45) is 11.3 Å². The molecule has 1 aliphatic heterocycles. The summed E-state index contributed by atoms with van der Waals surface area (Å²) in [6, 6.07) is 4.95. The van der Waals surface area contributed by atoms with E-state index in [1.54, 1.807) is 6.07 Å². The van der Waals surface area contributed by atoms with Crippen LogP contribution in [-0.2, 0) is 16.0 Å². The van der Waals surface area contributed by atoms with Crippen LogP contribution in [0, 0.1) is 17.2 Å². The lowest BCUT2D eigenvalue weighted by molar-refractivity contribution is -0.142. The minimum Gasteiger partial charge on any atom is -0.349 e. The molecule has 1 aliphatic carbocycles. The first-order valence-corrected chi connectivity index (χ1v) is 9.14. The molecule has 1 saturated heterocycles. The van der Waals surface area contributed by atoms with Gasteiger partial charge in [0.15, 0.2) is 0 Å². The molecule has 0 spiro atoms. The molecule has 0 aromatic heterocycles. The van der Waals surface area contributed by atoms with Gasteiger partial charge in [0, 0.05) is 18.5 Å². The molecule has 3 rings (SSSR count). The lowest BCUT2D eigenvalue weighted by Crippen LogP contribution is -2.49. The molecule has 25 heavy (non-hydrogen) atoms. The first-order valence-electron chi connectivity index (χ1n) is 9.14. The molecule has 2 amide bonds. The summed E-state index contributed by atoms with van der Waals surface area (Å²) >= 11 is 0. The van der Waals surface area contributed by atoms with E-state index in [-0.39, 0.29) is 29.6 Å². The Labute approximate surface area is 148 Å². The number of nitrogens with one attached hydrogen (secondary N) is 1. The van der Waals surface area contributed by atoms with Gasteiger partial charge in [0.2, 0.25) is 11.8 Å². The lowest BCUT2D eigenvalue weighted by atomic mass is 9.90. The highest BCUT2D eigenvalue weighted by molar-refractivity contribution is 5.84. The molecule has 1 aromatic rings. The van der Waals surface area contributed by atoms with Gasteiger partial charge in [-0.1, -0.05) is 32.9 Å². The van der Waals surface area contributed by atoms with E-state index in [4.69, 9.17) is 0 Å². The Morgan fingerprint density at radius 1 is 1.24 bits per heavy atom. The first-order chi connectivity index (χ1) is 11.8. The van der Waals surface area contributed by atoms with Gasteiger partial charge >= 0.3 is 0 Å². The number of hydrogen-bond donors (Lipinski definition) is 1. The van der Waals surface area contributed by atoms with E-state index in [9.17, 15) is 14.0 Å². The van der Waals surface area contributed by atoms with E-state index in [0.29, 0.717) is 13.0 Å². The Hall–Kier alpha value is -1.91. The molecular formula is C20H27FN2O2. The van der Waals surface area contributed by atoms with Crippen molar-refractivity contribution < 1.29 is 14.0 Å². The minimum atomic E-state index is -0.430. The summed E-state index contributed by atoms with van der Waals surface area (Å²) in [7, 11) is 0. The van der Waals surface area contributed by atoms with Crippen molar-refractivity contribution in [1.82, 2.24) is 10.2 Å². The predicted octanol–water partition coefficient (Wildman–Crippen LogP) is 3.21. The Bertz CT molecular complexity index is 681. The zero-order valence-electron chi connectivity index (χ0n) is 15.3. The van der Waals surface area contributed by atoms with E-state index in [0.717, 1.165) is 36.9 Å². The molecule has 1 N–H and O–H groups in total. The number of halogens is 1. The molecule has 4 nitrogen and oxygen atoms in total. The number of rotatable bonds is 2. The van der Waals surface area contributed by atoms with Crippen LogP contribution in [-0.4, -0.2) is 29.8 Å². The molecule has 1 fully saturated rings. The monoisotopic (exact) mass is 346 g/mol. The van der Waals surface area contributed by atoms with Crippen LogP contribution in [0.4, 0.5) is 4.39 Å². The van der Waals surface area contributed by atoms with Crippen LogP contribution >= 0.6 is 0 Å². The average Bonchev–Trinajstić information content (AvgIpc) is 2.98. The molecule has 1 aromatic carbocycles. The Kier molecular flexibility index (Phi) is 4.85. The smallest absolute Gasteiger partial charge is 0.227 e. The summed E-state index contributed by atoms with van der Waals surface area (Å²) in [5.74, 6) is -0.293. The van der Waals surface area contributed by atoms with Gasteiger partial charge in [-0.25, -0.2) is 4.39 Å². The number of fused-ring (bicyclic) bond motifs is 1. The third-order valence-electron chi connectivity index (χ3n) is 5.25. The lowest BCUT2D eigenvalue weighted by Gasteiger charge is -2.36. The number of hydrogen-bond acceptors (Lipinski definition) is 2. The highest BCUT2D eigenvalue weighted by atomic mass is 19.1. The number of benzene rings is 1. The molecule has 0 radical (unpaired) electrons. The minimum absolute atomic E-state index is 0.0199. The maximum Gasteiger partial charge on any atom is 0.227 e. The van der Waals surface area contributed by atoms with Crippen LogP contribution in [0.1, 0.15) is 57.2 Å². The summed E-state index contributed by atoms with van der Waals surface area (Å²) in [4.78, 5) is 27.0. The molecule has 0 saturated carbocycles. The van der Waals surface area contributed by atoms with Gasteiger partial charge in [0.1, 0.15) is 5.82 Å². The molecule has 2 aliphatic rings. The van der Waals surface area contributed by atoms with Gasteiger partial charge in [-0.15, -0.1) is 0 Å². The molecular weight excluding hydrogens is 319 g/mol. The van der Waals surface area contributed by atoms with Gasteiger partial charge in [0.05, 0.1) is 12.0 Å². The van der Waals surface area contributed by atoms with Crippen LogP contribution in [0.5, 0.6) is 0 Å². The molecule has 0 bridgehead atoms.